The van der Waals surface area contributed by atoms with Crippen molar-refractivity contribution in [2.45, 2.75) is 13.3 Å². The maximum atomic E-state index is 12.3. The summed E-state index contributed by atoms with van der Waals surface area (Å²) in [5, 5.41) is 13.9. The third-order valence-corrected chi connectivity index (χ3v) is 5.67. The standard InChI is InChI=1S/C25H20N2O3S.Na/c1-16-2-8-19(9-3-16)20-10-4-17(5-11-20)14-22-24(30)27-25(31-22)26-21-12-6-18(7-13-21)15-23(28)29;/h2-14H,15H2,1H3,(H,28,29)(H,26,27,30);/q;+1/p-1. The maximum absolute atomic E-state index is 12.3. The summed E-state index contributed by atoms with van der Waals surface area (Å²) in [6.45, 7) is 2.06. The molecule has 1 N–H and O–H groups in total. The topological polar surface area (TPSA) is 81.6 Å². The molecule has 4 rings (SSSR count). The molecule has 0 atom stereocenters. The Kier molecular flexibility index (Phi) is 8.10. The molecule has 0 spiro atoms. The summed E-state index contributed by atoms with van der Waals surface area (Å²) in [5.41, 5.74) is 5.70. The van der Waals surface area contributed by atoms with Gasteiger partial charge in [-0.2, -0.15) is 0 Å². The molecule has 0 aromatic heterocycles. The molecule has 0 radical (unpaired) electrons. The van der Waals surface area contributed by atoms with Gasteiger partial charge in [0.2, 0.25) is 0 Å². The van der Waals surface area contributed by atoms with Gasteiger partial charge in [0, 0.05) is 12.4 Å². The Morgan fingerprint density at radius 2 is 1.56 bits per heavy atom. The number of benzene rings is 3. The summed E-state index contributed by atoms with van der Waals surface area (Å²) >= 11 is 1.27. The molecule has 3 aromatic carbocycles. The molecule has 7 heteroatoms. The van der Waals surface area contributed by atoms with Gasteiger partial charge < -0.3 is 15.2 Å². The Morgan fingerprint density at radius 1 is 0.969 bits per heavy atom. The number of rotatable bonds is 5. The first-order valence-electron chi connectivity index (χ1n) is 9.72. The predicted molar refractivity (Wildman–Crippen MR) is 123 cm³/mol. The van der Waals surface area contributed by atoms with Crippen LogP contribution in [0.2, 0.25) is 0 Å². The van der Waals surface area contributed by atoms with Crippen LogP contribution in [0.25, 0.3) is 17.2 Å². The number of aryl methyl sites for hydroxylation is 1. The van der Waals surface area contributed by atoms with Crippen molar-refractivity contribution in [3.05, 3.63) is 94.4 Å². The van der Waals surface area contributed by atoms with Crippen LogP contribution in [0.3, 0.4) is 0 Å². The fourth-order valence-corrected chi connectivity index (χ4v) is 3.96. The monoisotopic (exact) mass is 450 g/mol. The van der Waals surface area contributed by atoms with E-state index in [1.54, 1.807) is 24.3 Å². The summed E-state index contributed by atoms with van der Waals surface area (Å²) in [7, 11) is 0. The quantitative estimate of drug-likeness (QED) is 0.462. The second-order valence-corrected chi connectivity index (χ2v) is 8.22. The third kappa shape index (κ3) is 6.20. The summed E-state index contributed by atoms with van der Waals surface area (Å²) < 4.78 is 0. The zero-order chi connectivity index (χ0) is 21.8. The van der Waals surface area contributed by atoms with Gasteiger partial charge >= 0.3 is 29.6 Å². The number of hydrogen-bond acceptors (Lipinski definition) is 5. The van der Waals surface area contributed by atoms with Crippen molar-refractivity contribution < 1.29 is 44.3 Å². The molecular weight excluding hydrogens is 431 g/mol. The molecule has 1 fully saturated rings. The number of nitrogens with one attached hydrogen (secondary N) is 1. The number of carboxylic acids is 1. The second kappa shape index (κ2) is 10.8. The average Bonchev–Trinajstić information content (AvgIpc) is 3.09. The first-order valence-corrected chi connectivity index (χ1v) is 10.5. The molecule has 1 aliphatic rings. The van der Waals surface area contributed by atoms with E-state index < -0.39 is 5.97 Å². The molecule has 1 heterocycles. The second-order valence-electron chi connectivity index (χ2n) is 7.18. The van der Waals surface area contributed by atoms with Crippen molar-refractivity contribution in [3.63, 3.8) is 0 Å². The number of nitrogens with zero attached hydrogens (tertiary/aromatic N) is 1. The van der Waals surface area contributed by atoms with Gasteiger partial charge in [0.15, 0.2) is 5.17 Å². The van der Waals surface area contributed by atoms with Crippen molar-refractivity contribution in [1.29, 1.82) is 0 Å². The minimum atomic E-state index is -1.13. The Morgan fingerprint density at radius 3 is 2.16 bits per heavy atom. The van der Waals surface area contributed by atoms with Gasteiger partial charge in [0.1, 0.15) is 0 Å². The average molecular weight is 450 g/mol. The van der Waals surface area contributed by atoms with Gasteiger partial charge in [-0.3, -0.25) is 4.79 Å². The van der Waals surface area contributed by atoms with Crippen LogP contribution in [-0.4, -0.2) is 17.0 Å². The van der Waals surface area contributed by atoms with Crippen LogP contribution in [0.4, 0.5) is 5.69 Å². The smallest absolute Gasteiger partial charge is 0.550 e. The van der Waals surface area contributed by atoms with E-state index in [1.807, 2.05) is 30.3 Å². The van der Waals surface area contributed by atoms with Crippen LogP contribution in [0.15, 0.2) is 82.7 Å². The number of aliphatic imine (C=N–C) groups is 1. The molecule has 0 saturated carbocycles. The normalized spacial score (nSPS) is 15.5. The molecule has 1 saturated heterocycles. The Labute approximate surface area is 213 Å². The Bertz CT molecular complexity index is 1190. The molecule has 0 aliphatic carbocycles. The number of carbonyl (C=O) groups excluding carboxylic acids is 2. The van der Waals surface area contributed by atoms with Gasteiger partial charge in [0.25, 0.3) is 5.91 Å². The van der Waals surface area contributed by atoms with Crippen molar-refractivity contribution in [3.8, 4) is 11.1 Å². The number of thioether (sulfide) groups is 1. The van der Waals surface area contributed by atoms with E-state index in [4.69, 9.17) is 0 Å². The largest absolute Gasteiger partial charge is 1.00 e. The summed E-state index contributed by atoms with van der Waals surface area (Å²) in [6.07, 6.45) is 1.70. The maximum Gasteiger partial charge on any atom is 1.00 e. The van der Waals surface area contributed by atoms with E-state index in [1.165, 1.54) is 17.3 Å². The van der Waals surface area contributed by atoms with Crippen molar-refractivity contribution in [2.75, 3.05) is 0 Å². The van der Waals surface area contributed by atoms with Crippen LogP contribution in [0, 0.1) is 6.92 Å². The fraction of sp³-hybridized carbons (Fsp3) is 0.0800. The molecule has 154 valence electrons. The minimum absolute atomic E-state index is 0. The van der Waals surface area contributed by atoms with E-state index in [0.717, 1.165) is 16.7 Å². The molecule has 5 nitrogen and oxygen atoms in total. The molecule has 32 heavy (non-hydrogen) atoms. The van der Waals surface area contributed by atoms with Gasteiger partial charge in [-0.25, -0.2) is 4.99 Å². The van der Waals surface area contributed by atoms with Crippen LogP contribution in [0.5, 0.6) is 0 Å². The predicted octanol–water partition coefficient (Wildman–Crippen LogP) is 0.850. The number of carboxylic acid groups (broad SMARTS) is 1. The van der Waals surface area contributed by atoms with E-state index in [2.05, 4.69) is 41.5 Å². The van der Waals surface area contributed by atoms with E-state index >= 15 is 0 Å². The third-order valence-electron chi connectivity index (χ3n) is 4.76. The minimum Gasteiger partial charge on any atom is -0.550 e. The molecule has 3 aromatic rings. The number of aliphatic carboxylic acids is 1. The van der Waals surface area contributed by atoms with Crippen molar-refractivity contribution >= 4 is 40.6 Å². The van der Waals surface area contributed by atoms with Gasteiger partial charge in [0.05, 0.1) is 10.6 Å². The van der Waals surface area contributed by atoms with Crippen LogP contribution in [-0.2, 0) is 16.0 Å². The Hall–Kier alpha value is -2.64. The van der Waals surface area contributed by atoms with Crippen molar-refractivity contribution in [2.24, 2.45) is 4.99 Å². The SMILES string of the molecule is Cc1ccc(-c2ccc(C=C3SC(=Nc4ccc(CC(=O)[O-])cc4)NC3=O)cc2)cc1.[Na+]. The zero-order valence-electron chi connectivity index (χ0n) is 17.8. The molecule has 0 unspecified atom stereocenters. The van der Waals surface area contributed by atoms with Gasteiger partial charge in [-0.15, -0.1) is 0 Å². The number of amides is 1. The van der Waals surface area contributed by atoms with Gasteiger partial charge in [-0.05, 0) is 59.1 Å². The van der Waals surface area contributed by atoms with Crippen molar-refractivity contribution in [1.82, 2.24) is 5.32 Å². The van der Waals surface area contributed by atoms with Crippen LogP contribution < -0.4 is 40.0 Å². The molecule has 1 aliphatic heterocycles. The first kappa shape index (κ1) is 24.0. The first-order chi connectivity index (χ1) is 15.0. The Balaban J connectivity index is 0.00000289. The summed E-state index contributed by atoms with van der Waals surface area (Å²) in [4.78, 5) is 28.0. The van der Waals surface area contributed by atoms with Crippen LogP contribution >= 0.6 is 11.8 Å². The van der Waals surface area contributed by atoms with Gasteiger partial charge in [-0.1, -0.05) is 66.2 Å². The number of amidine groups is 1. The number of carbonyl (C=O) groups is 2. The molecular formula is C25H19N2NaO3S. The number of hydrogen-bond donors (Lipinski definition) is 1. The fourth-order valence-electron chi connectivity index (χ4n) is 3.12. The summed E-state index contributed by atoms with van der Waals surface area (Å²) in [6, 6.07) is 23.2. The molecule has 0 bridgehead atoms. The van der Waals surface area contributed by atoms with Crippen LogP contribution in [0.1, 0.15) is 16.7 Å². The molecule has 1 amide bonds. The summed E-state index contributed by atoms with van der Waals surface area (Å²) in [5.74, 6) is -1.32. The van der Waals surface area contributed by atoms with E-state index in [9.17, 15) is 14.7 Å². The van der Waals surface area contributed by atoms with E-state index in [0.29, 0.717) is 21.3 Å². The zero-order valence-corrected chi connectivity index (χ0v) is 20.6. The van der Waals surface area contributed by atoms with E-state index in [-0.39, 0.29) is 41.9 Å².